The molecule has 0 heterocycles. The van der Waals surface area contributed by atoms with Gasteiger partial charge in [-0.2, -0.15) is 11.8 Å². The zero-order chi connectivity index (χ0) is 15.4. The summed E-state index contributed by atoms with van der Waals surface area (Å²) in [5, 5.41) is 8.27. The highest BCUT2D eigenvalue weighted by molar-refractivity contribution is 7.98. The minimum absolute atomic E-state index is 0.198. The summed E-state index contributed by atoms with van der Waals surface area (Å²) >= 11 is 1.60. The quantitative estimate of drug-likeness (QED) is 0.775. The summed E-state index contributed by atoms with van der Waals surface area (Å²) in [6, 6.07) is 8.84. The Balaban J connectivity index is 0.000000370. The first-order valence-corrected chi connectivity index (χ1v) is 7.48. The van der Waals surface area contributed by atoms with E-state index in [9.17, 15) is 9.59 Å². The van der Waals surface area contributed by atoms with Gasteiger partial charge in [-0.15, -0.1) is 0 Å². The molecule has 6 heteroatoms. The van der Waals surface area contributed by atoms with Crippen LogP contribution in [-0.2, 0) is 20.7 Å². The van der Waals surface area contributed by atoms with Crippen molar-refractivity contribution in [3.05, 3.63) is 35.9 Å². The number of thioether (sulfide) groups is 1. The van der Waals surface area contributed by atoms with Crippen LogP contribution in [0.15, 0.2) is 30.3 Å². The molecule has 0 saturated heterocycles. The van der Waals surface area contributed by atoms with Crippen molar-refractivity contribution in [3.8, 4) is 0 Å². The molecule has 0 aliphatic rings. The fourth-order valence-electron chi connectivity index (χ4n) is 1.20. The van der Waals surface area contributed by atoms with Gasteiger partial charge in [-0.05, 0) is 24.0 Å². The highest BCUT2D eigenvalue weighted by Gasteiger charge is 2.08. The number of nitrogens with two attached hydrogens (primary N) is 1. The Hall–Kier alpha value is -1.53. The molecule has 112 valence electrons. The van der Waals surface area contributed by atoms with E-state index in [2.05, 4.69) is 4.74 Å². The van der Waals surface area contributed by atoms with Crippen LogP contribution in [0.2, 0.25) is 0 Å². The highest BCUT2D eigenvalue weighted by Crippen LogP contribution is 1.99. The number of rotatable bonds is 6. The van der Waals surface area contributed by atoms with Gasteiger partial charge in [-0.3, -0.25) is 9.59 Å². The minimum atomic E-state index is -0.913. The zero-order valence-corrected chi connectivity index (χ0v) is 12.6. The minimum Gasteiger partial charge on any atom is -0.480 e. The first-order chi connectivity index (χ1) is 9.51. The molecule has 0 fully saturated rings. The van der Waals surface area contributed by atoms with E-state index in [0.717, 1.165) is 11.3 Å². The molecule has 20 heavy (non-hydrogen) atoms. The summed E-state index contributed by atoms with van der Waals surface area (Å²) in [4.78, 5) is 20.8. The van der Waals surface area contributed by atoms with Crippen LogP contribution in [0.25, 0.3) is 0 Å². The van der Waals surface area contributed by atoms with Crippen LogP contribution in [0.1, 0.15) is 12.0 Å². The first kappa shape index (κ1) is 18.5. The number of ether oxygens (including phenoxy) is 1. The molecule has 3 N–H and O–H groups in total. The molecule has 0 aromatic heterocycles. The third kappa shape index (κ3) is 9.41. The first-order valence-electron chi connectivity index (χ1n) is 6.09. The molecule has 0 bridgehead atoms. The lowest BCUT2D eigenvalue weighted by molar-refractivity contribution is -0.140. The Bertz CT molecular complexity index is 397. The van der Waals surface area contributed by atoms with Gasteiger partial charge in [0.05, 0.1) is 13.5 Å². The number of carbonyl (C=O) groups excluding carboxylic acids is 1. The Kier molecular flexibility index (Phi) is 10.4. The van der Waals surface area contributed by atoms with Gasteiger partial charge < -0.3 is 15.6 Å². The molecule has 0 aliphatic heterocycles. The predicted molar refractivity (Wildman–Crippen MR) is 80.8 cm³/mol. The van der Waals surface area contributed by atoms with Gasteiger partial charge in [0.25, 0.3) is 0 Å². The summed E-state index contributed by atoms with van der Waals surface area (Å²) in [6.07, 6.45) is 2.84. The van der Waals surface area contributed by atoms with Crippen LogP contribution in [0.4, 0.5) is 0 Å². The number of methoxy groups -OCH3 is 1. The molecular formula is C14H21NO4S. The number of benzene rings is 1. The highest BCUT2D eigenvalue weighted by atomic mass is 32.2. The molecule has 0 amide bonds. The average Bonchev–Trinajstić information content (AvgIpc) is 2.46. The molecule has 5 nitrogen and oxygen atoms in total. The van der Waals surface area contributed by atoms with Crippen LogP contribution in [0, 0.1) is 0 Å². The third-order valence-corrected chi connectivity index (χ3v) is 3.01. The number of hydrogen-bond acceptors (Lipinski definition) is 5. The number of carboxylic acids is 1. The van der Waals surface area contributed by atoms with E-state index in [-0.39, 0.29) is 5.97 Å². The van der Waals surface area contributed by atoms with E-state index in [1.54, 1.807) is 11.8 Å². The second-order valence-corrected chi connectivity index (χ2v) is 4.95. The van der Waals surface area contributed by atoms with Crippen molar-refractivity contribution in [2.24, 2.45) is 5.73 Å². The average molecular weight is 299 g/mol. The Morgan fingerprint density at radius 1 is 1.35 bits per heavy atom. The van der Waals surface area contributed by atoms with E-state index in [1.807, 2.05) is 36.6 Å². The number of carbonyl (C=O) groups is 2. The molecule has 0 spiro atoms. The van der Waals surface area contributed by atoms with Crippen LogP contribution in [0.5, 0.6) is 0 Å². The lowest BCUT2D eigenvalue weighted by atomic mass is 10.2. The molecule has 0 aliphatic carbocycles. The number of carboxylic acid groups (broad SMARTS) is 1. The van der Waals surface area contributed by atoms with Crippen LogP contribution in [0.3, 0.4) is 0 Å². The van der Waals surface area contributed by atoms with Gasteiger partial charge in [-0.1, -0.05) is 30.3 Å². The second-order valence-electron chi connectivity index (χ2n) is 3.96. The molecule has 1 rings (SSSR count). The largest absolute Gasteiger partial charge is 0.480 e. The molecule has 1 aromatic carbocycles. The van der Waals surface area contributed by atoms with Crippen LogP contribution in [-0.4, -0.2) is 42.2 Å². The number of hydrogen-bond donors (Lipinski definition) is 2. The maximum Gasteiger partial charge on any atom is 0.320 e. The van der Waals surface area contributed by atoms with Crippen molar-refractivity contribution < 1.29 is 19.4 Å². The van der Waals surface area contributed by atoms with Crippen molar-refractivity contribution in [1.82, 2.24) is 0 Å². The summed E-state index contributed by atoms with van der Waals surface area (Å²) in [5.41, 5.74) is 6.18. The van der Waals surface area contributed by atoms with Gasteiger partial charge in [0, 0.05) is 0 Å². The number of esters is 1. The SMILES string of the molecule is COC(=O)Cc1ccccc1.CSCC[C@H](N)C(=O)O. The lowest BCUT2D eigenvalue weighted by Gasteiger charge is -2.02. The van der Waals surface area contributed by atoms with Gasteiger partial charge in [0.2, 0.25) is 0 Å². The van der Waals surface area contributed by atoms with E-state index < -0.39 is 12.0 Å². The maximum absolute atomic E-state index is 10.8. The van der Waals surface area contributed by atoms with Crippen LogP contribution >= 0.6 is 11.8 Å². The van der Waals surface area contributed by atoms with E-state index >= 15 is 0 Å². The molecule has 0 radical (unpaired) electrons. The molecule has 1 atom stereocenters. The Labute approximate surface area is 123 Å². The van der Waals surface area contributed by atoms with Gasteiger partial charge in [-0.25, -0.2) is 0 Å². The van der Waals surface area contributed by atoms with E-state index in [0.29, 0.717) is 12.8 Å². The van der Waals surface area contributed by atoms with Gasteiger partial charge in [0.15, 0.2) is 0 Å². The predicted octanol–water partition coefficient (Wildman–Crippen LogP) is 1.55. The van der Waals surface area contributed by atoms with Crippen molar-refractivity contribution in [2.45, 2.75) is 18.9 Å². The maximum atomic E-state index is 10.8. The van der Waals surface area contributed by atoms with Gasteiger partial charge >= 0.3 is 11.9 Å². The fourth-order valence-corrected chi connectivity index (χ4v) is 1.69. The van der Waals surface area contributed by atoms with Crippen molar-refractivity contribution >= 4 is 23.7 Å². The second kappa shape index (κ2) is 11.3. The Morgan fingerprint density at radius 3 is 2.40 bits per heavy atom. The lowest BCUT2D eigenvalue weighted by Crippen LogP contribution is -2.30. The molecule has 1 aromatic rings. The monoisotopic (exact) mass is 299 g/mol. The van der Waals surface area contributed by atoms with Crippen LogP contribution < -0.4 is 5.73 Å². The number of aliphatic carboxylic acids is 1. The molecular weight excluding hydrogens is 278 g/mol. The van der Waals surface area contributed by atoms with Crippen molar-refractivity contribution in [3.63, 3.8) is 0 Å². The van der Waals surface area contributed by atoms with E-state index in [4.69, 9.17) is 10.8 Å². The molecule has 0 unspecified atom stereocenters. The molecule has 0 saturated carbocycles. The summed E-state index contributed by atoms with van der Waals surface area (Å²) in [7, 11) is 1.39. The summed E-state index contributed by atoms with van der Waals surface area (Å²) < 4.78 is 4.52. The normalized spacial score (nSPS) is 10.9. The topological polar surface area (TPSA) is 89.6 Å². The standard InChI is InChI=1S/C9H10O2.C5H11NO2S/c1-11-9(10)7-8-5-3-2-4-6-8;1-9-3-2-4(6)5(7)8/h2-6H,7H2,1H3;4H,2-3,6H2,1H3,(H,7,8)/t;4-/m.0/s1. The van der Waals surface area contributed by atoms with Gasteiger partial charge in [0.1, 0.15) is 6.04 Å². The van der Waals surface area contributed by atoms with Crippen molar-refractivity contribution in [2.75, 3.05) is 19.1 Å². The fraction of sp³-hybridized carbons (Fsp3) is 0.429. The summed E-state index contributed by atoms with van der Waals surface area (Å²) in [6.45, 7) is 0. The van der Waals surface area contributed by atoms with Crippen molar-refractivity contribution in [1.29, 1.82) is 0 Å². The smallest absolute Gasteiger partial charge is 0.320 e. The summed E-state index contributed by atoms with van der Waals surface area (Å²) in [5.74, 6) is -0.298. The van der Waals surface area contributed by atoms with E-state index in [1.165, 1.54) is 7.11 Å². The zero-order valence-electron chi connectivity index (χ0n) is 11.7. The third-order valence-electron chi connectivity index (χ3n) is 2.37. The Morgan fingerprint density at radius 2 is 1.95 bits per heavy atom.